The molecule has 0 saturated heterocycles. The van der Waals surface area contributed by atoms with Gasteiger partial charge in [0.05, 0.1) is 6.10 Å². The van der Waals surface area contributed by atoms with Crippen molar-refractivity contribution in [1.29, 1.82) is 0 Å². The highest BCUT2D eigenvalue weighted by atomic mass is 35.5. The lowest BCUT2D eigenvalue weighted by Gasteiger charge is -2.32. The van der Waals surface area contributed by atoms with Crippen LogP contribution in [0.2, 0.25) is 5.02 Å². The molecule has 0 aromatic heterocycles. The van der Waals surface area contributed by atoms with Crippen LogP contribution in [0.15, 0.2) is 23.1 Å². The van der Waals surface area contributed by atoms with E-state index in [9.17, 15) is 8.42 Å². The number of benzene rings is 1. The monoisotopic (exact) mass is 317 g/mol. The molecular formula is C14H20ClNO3S. The molecular weight excluding hydrogens is 298 g/mol. The first kappa shape index (κ1) is 15.6. The molecule has 0 radical (unpaired) electrons. The van der Waals surface area contributed by atoms with Crippen molar-refractivity contribution in [3.8, 4) is 5.75 Å². The van der Waals surface area contributed by atoms with Crippen molar-refractivity contribution in [2.24, 2.45) is 17.0 Å². The molecule has 2 rings (SSSR count). The Morgan fingerprint density at radius 3 is 2.35 bits per heavy atom. The third-order valence-electron chi connectivity index (χ3n) is 3.64. The molecule has 6 heteroatoms. The van der Waals surface area contributed by atoms with Crippen LogP contribution in [-0.2, 0) is 10.0 Å². The molecule has 0 aliphatic heterocycles. The first-order valence-corrected chi connectivity index (χ1v) is 8.67. The minimum Gasteiger partial charge on any atom is -0.489 e. The summed E-state index contributed by atoms with van der Waals surface area (Å²) in [7, 11) is -3.84. The number of rotatable bonds is 3. The van der Waals surface area contributed by atoms with E-state index < -0.39 is 10.0 Å². The summed E-state index contributed by atoms with van der Waals surface area (Å²) in [4.78, 5) is -0.0455. The molecule has 4 nitrogen and oxygen atoms in total. The van der Waals surface area contributed by atoms with Crippen LogP contribution in [0.4, 0.5) is 0 Å². The molecule has 1 aromatic rings. The minimum atomic E-state index is -3.84. The van der Waals surface area contributed by atoms with Gasteiger partial charge in [-0.15, -0.1) is 0 Å². The van der Waals surface area contributed by atoms with E-state index in [2.05, 4.69) is 13.8 Å². The maximum absolute atomic E-state index is 11.6. The van der Waals surface area contributed by atoms with E-state index >= 15 is 0 Å². The molecule has 1 saturated carbocycles. The Labute approximate surface area is 125 Å². The van der Waals surface area contributed by atoms with Crippen LogP contribution in [0.5, 0.6) is 5.75 Å². The molecule has 1 aromatic carbocycles. The smallest absolute Gasteiger partial charge is 0.241 e. The largest absolute Gasteiger partial charge is 0.489 e. The zero-order valence-electron chi connectivity index (χ0n) is 11.7. The topological polar surface area (TPSA) is 69.4 Å². The fraction of sp³-hybridized carbons (Fsp3) is 0.571. The van der Waals surface area contributed by atoms with Gasteiger partial charge in [-0.1, -0.05) is 25.4 Å². The van der Waals surface area contributed by atoms with E-state index in [1.54, 1.807) is 12.1 Å². The summed E-state index contributed by atoms with van der Waals surface area (Å²) in [5.41, 5.74) is 0. The average molecular weight is 318 g/mol. The standard InChI is InChI=1S/C14H20ClNO3S/c1-9-5-10(2)7-12(6-9)19-13-4-3-11(15)8-14(13)20(16,17)18/h3-4,8-10,12H,5-7H2,1-2H3,(H2,16,17,18). The predicted molar refractivity (Wildman–Crippen MR) is 79.4 cm³/mol. The number of halogens is 1. The van der Waals surface area contributed by atoms with Gasteiger partial charge in [-0.2, -0.15) is 0 Å². The maximum Gasteiger partial charge on any atom is 0.241 e. The van der Waals surface area contributed by atoms with Crippen LogP contribution < -0.4 is 9.88 Å². The van der Waals surface area contributed by atoms with Gasteiger partial charge in [0.2, 0.25) is 10.0 Å². The Kier molecular flexibility index (Phi) is 4.62. The third-order valence-corrected chi connectivity index (χ3v) is 4.81. The van der Waals surface area contributed by atoms with Gasteiger partial charge >= 0.3 is 0 Å². The summed E-state index contributed by atoms with van der Waals surface area (Å²) in [6.07, 6.45) is 3.06. The Bertz CT molecular complexity index is 578. The lowest BCUT2D eigenvalue weighted by Crippen LogP contribution is -2.29. The molecule has 2 N–H and O–H groups in total. The Balaban J connectivity index is 2.25. The molecule has 1 aliphatic rings. The number of hydrogen-bond donors (Lipinski definition) is 1. The first-order chi connectivity index (χ1) is 9.25. The first-order valence-electron chi connectivity index (χ1n) is 6.74. The van der Waals surface area contributed by atoms with Crippen molar-refractivity contribution in [1.82, 2.24) is 0 Å². The molecule has 2 atom stereocenters. The van der Waals surface area contributed by atoms with Gasteiger partial charge in [0.15, 0.2) is 0 Å². The molecule has 1 fully saturated rings. The van der Waals surface area contributed by atoms with E-state index in [4.69, 9.17) is 21.5 Å². The maximum atomic E-state index is 11.6. The van der Waals surface area contributed by atoms with Crippen LogP contribution in [0.1, 0.15) is 33.1 Å². The van der Waals surface area contributed by atoms with Crippen LogP contribution in [0.3, 0.4) is 0 Å². The highest BCUT2D eigenvalue weighted by Gasteiger charge is 2.27. The molecule has 0 amide bonds. The van der Waals surface area contributed by atoms with E-state index in [1.807, 2.05) is 0 Å². The highest BCUT2D eigenvalue weighted by Crippen LogP contribution is 2.34. The fourth-order valence-corrected chi connectivity index (χ4v) is 3.88. The normalized spacial score (nSPS) is 27.3. The van der Waals surface area contributed by atoms with Crippen molar-refractivity contribution in [2.75, 3.05) is 0 Å². The summed E-state index contributed by atoms with van der Waals surface area (Å²) in [5.74, 6) is 1.45. The summed E-state index contributed by atoms with van der Waals surface area (Å²) in [6.45, 7) is 4.38. The Morgan fingerprint density at radius 2 is 1.80 bits per heavy atom. The van der Waals surface area contributed by atoms with E-state index in [-0.39, 0.29) is 11.0 Å². The quantitative estimate of drug-likeness (QED) is 0.930. The highest BCUT2D eigenvalue weighted by molar-refractivity contribution is 7.89. The van der Waals surface area contributed by atoms with Crippen molar-refractivity contribution in [2.45, 2.75) is 44.1 Å². The molecule has 20 heavy (non-hydrogen) atoms. The lowest BCUT2D eigenvalue weighted by molar-refractivity contribution is 0.0983. The number of ether oxygens (including phenoxy) is 1. The molecule has 1 aliphatic carbocycles. The molecule has 0 heterocycles. The second-order valence-electron chi connectivity index (χ2n) is 5.79. The van der Waals surface area contributed by atoms with Crippen molar-refractivity contribution in [3.05, 3.63) is 23.2 Å². The van der Waals surface area contributed by atoms with Crippen LogP contribution in [0, 0.1) is 11.8 Å². The number of hydrogen-bond acceptors (Lipinski definition) is 3. The second kappa shape index (κ2) is 5.92. The lowest BCUT2D eigenvalue weighted by atomic mass is 9.82. The van der Waals surface area contributed by atoms with E-state index in [0.29, 0.717) is 22.6 Å². The van der Waals surface area contributed by atoms with Crippen LogP contribution >= 0.6 is 11.6 Å². The molecule has 2 unspecified atom stereocenters. The average Bonchev–Trinajstić information content (AvgIpc) is 2.28. The minimum absolute atomic E-state index is 0.0235. The summed E-state index contributed by atoms with van der Waals surface area (Å²) in [6, 6.07) is 4.52. The van der Waals surface area contributed by atoms with Gasteiger partial charge in [0, 0.05) is 5.02 Å². The molecule has 0 spiro atoms. The van der Waals surface area contributed by atoms with E-state index in [0.717, 1.165) is 12.8 Å². The number of nitrogens with two attached hydrogens (primary N) is 1. The van der Waals surface area contributed by atoms with Crippen LogP contribution in [0.25, 0.3) is 0 Å². The van der Waals surface area contributed by atoms with Crippen molar-refractivity contribution < 1.29 is 13.2 Å². The predicted octanol–water partition coefficient (Wildman–Crippen LogP) is 3.19. The van der Waals surface area contributed by atoms with Crippen LogP contribution in [-0.4, -0.2) is 14.5 Å². The van der Waals surface area contributed by atoms with Crippen molar-refractivity contribution in [3.63, 3.8) is 0 Å². The zero-order valence-corrected chi connectivity index (χ0v) is 13.2. The van der Waals surface area contributed by atoms with E-state index in [1.165, 1.54) is 12.5 Å². The van der Waals surface area contributed by atoms with Gasteiger partial charge < -0.3 is 4.74 Å². The SMILES string of the molecule is CC1CC(C)CC(Oc2ccc(Cl)cc2S(N)(=O)=O)C1. The van der Waals surface area contributed by atoms with Gasteiger partial charge in [-0.05, 0) is 49.3 Å². The second-order valence-corrected chi connectivity index (χ2v) is 7.76. The van der Waals surface area contributed by atoms with Crippen molar-refractivity contribution >= 4 is 21.6 Å². The summed E-state index contributed by atoms with van der Waals surface area (Å²) < 4.78 is 29.1. The summed E-state index contributed by atoms with van der Waals surface area (Å²) in [5, 5.41) is 5.55. The summed E-state index contributed by atoms with van der Waals surface area (Å²) >= 11 is 5.84. The number of primary sulfonamides is 1. The number of sulfonamides is 1. The zero-order chi connectivity index (χ0) is 14.9. The molecule has 0 bridgehead atoms. The fourth-order valence-electron chi connectivity index (χ4n) is 2.95. The van der Waals surface area contributed by atoms with Gasteiger partial charge in [0.1, 0.15) is 10.6 Å². The van der Waals surface area contributed by atoms with Gasteiger partial charge in [-0.25, -0.2) is 13.6 Å². The third kappa shape index (κ3) is 3.87. The van der Waals surface area contributed by atoms with Gasteiger partial charge in [0.25, 0.3) is 0 Å². The molecule has 112 valence electrons. The van der Waals surface area contributed by atoms with Gasteiger partial charge in [-0.3, -0.25) is 0 Å². The Hall–Kier alpha value is -0.780. The Morgan fingerprint density at radius 1 is 1.20 bits per heavy atom.